The smallest absolute Gasteiger partial charge is 0.266 e. The molecule has 0 aromatic carbocycles. The molecule has 0 amide bonds. The lowest BCUT2D eigenvalue weighted by atomic mass is 9.92. The SMILES string of the molecule is CC(C)(C)c1ccc(=O)n(CC2CN(Cc3ncco3)C2)n1. The van der Waals surface area contributed by atoms with Crippen molar-refractivity contribution in [2.75, 3.05) is 13.1 Å². The van der Waals surface area contributed by atoms with Crippen molar-refractivity contribution in [1.29, 1.82) is 0 Å². The van der Waals surface area contributed by atoms with Crippen molar-refractivity contribution in [3.8, 4) is 0 Å². The third-order valence-electron chi connectivity index (χ3n) is 3.94. The second kappa shape index (κ2) is 5.68. The highest BCUT2D eigenvalue weighted by Gasteiger charge is 2.28. The lowest BCUT2D eigenvalue weighted by Gasteiger charge is -2.38. The minimum atomic E-state index is -0.0495. The van der Waals surface area contributed by atoms with Crippen LogP contribution in [0.3, 0.4) is 0 Å². The fourth-order valence-corrected chi connectivity index (χ4v) is 2.67. The van der Waals surface area contributed by atoms with Gasteiger partial charge in [-0.05, 0) is 6.07 Å². The summed E-state index contributed by atoms with van der Waals surface area (Å²) in [6.45, 7) is 9.59. The standard InChI is InChI=1S/C16H22N4O2/c1-16(2,3)13-4-5-15(21)20(18-13)10-12-8-19(9-12)11-14-17-6-7-22-14/h4-7,12H,8-11H2,1-3H3. The van der Waals surface area contributed by atoms with E-state index in [1.54, 1.807) is 23.2 Å². The molecule has 0 radical (unpaired) electrons. The van der Waals surface area contributed by atoms with Crippen LogP contribution in [0.1, 0.15) is 32.4 Å². The molecule has 1 aliphatic heterocycles. The summed E-state index contributed by atoms with van der Waals surface area (Å²) in [5.74, 6) is 1.19. The molecular formula is C16H22N4O2. The van der Waals surface area contributed by atoms with E-state index in [-0.39, 0.29) is 11.0 Å². The van der Waals surface area contributed by atoms with Crippen molar-refractivity contribution in [2.45, 2.75) is 39.3 Å². The molecule has 0 atom stereocenters. The molecule has 1 fully saturated rings. The first kappa shape index (κ1) is 15.0. The van der Waals surface area contributed by atoms with Crippen LogP contribution in [-0.4, -0.2) is 32.8 Å². The molecule has 0 saturated carbocycles. The van der Waals surface area contributed by atoms with Crippen LogP contribution in [0.25, 0.3) is 0 Å². The Morgan fingerprint density at radius 3 is 2.73 bits per heavy atom. The van der Waals surface area contributed by atoms with Crippen LogP contribution in [0.15, 0.2) is 33.8 Å². The summed E-state index contributed by atoms with van der Waals surface area (Å²) in [4.78, 5) is 18.4. The van der Waals surface area contributed by atoms with E-state index in [0.717, 1.165) is 31.2 Å². The van der Waals surface area contributed by atoms with Crippen molar-refractivity contribution in [3.05, 3.63) is 46.5 Å². The Bertz CT molecular complexity index is 679. The minimum absolute atomic E-state index is 0.0286. The van der Waals surface area contributed by atoms with E-state index in [9.17, 15) is 4.79 Å². The van der Waals surface area contributed by atoms with Crippen LogP contribution >= 0.6 is 0 Å². The maximum atomic E-state index is 12.0. The van der Waals surface area contributed by atoms with Gasteiger partial charge in [0.15, 0.2) is 0 Å². The first-order chi connectivity index (χ1) is 10.4. The molecule has 0 spiro atoms. The molecule has 0 aliphatic carbocycles. The average molecular weight is 302 g/mol. The number of hydrogen-bond acceptors (Lipinski definition) is 5. The summed E-state index contributed by atoms with van der Waals surface area (Å²) in [5.41, 5.74) is 0.869. The fourth-order valence-electron chi connectivity index (χ4n) is 2.67. The molecule has 0 N–H and O–H groups in total. The van der Waals surface area contributed by atoms with Gasteiger partial charge in [-0.15, -0.1) is 0 Å². The van der Waals surface area contributed by atoms with E-state index in [0.29, 0.717) is 12.5 Å². The van der Waals surface area contributed by atoms with E-state index in [1.807, 2.05) is 6.07 Å². The van der Waals surface area contributed by atoms with Crippen molar-refractivity contribution in [1.82, 2.24) is 19.7 Å². The summed E-state index contributed by atoms with van der Waals surface area (Å²) in [6, 6.07) is 3.45. The summed E-state index contributed by atoms with van der Waals surface area (Å²) < 4.78 is 6.85. The van der Waals surface area contributed by atoms with Gasteiger partial charge in [0, 0.05) is 30.5 Å². The normalized spacial score (nSPS) is 16.7. The third kappa shape index (κ3) is 3.27. The van der Waals surface area contributed by atoms with E-state index in [2.05, 4.69) is 35.8 Å². The first-order valence-electron chi connectivity index (χ1n) is 7.61. The van der Waals surface area contributed by atoms with E-state index in [4.69, 9.17) is 4.42 Å². The molecule has 2 aromatic heterocycles. The summed E-state index contributed by atoms with van der Waals surface area (Å²) >= 11 is 0. The molecule has 6 heteroatoms. The number of oxazole rings is 1. The van der Waals surface area contributed by atoms with Gasteiger partial charge in [-0.25, -0.2) is 9.67 Å². The second-order valence-electron chi connectivity index (χ2n) is 6.97. The van der Waals surface area contributed by atoms with Gasteiger partial charge in [0.05, 0.1) is 25.0 Å². The molecule has 3 heterocycles. The summed E-state index contributed by atoms with van der Waals surface area (Å²) in [7, 11) is 0. The fraction of sp³-hybridized carbons (Fsp3) is 0.562. The molecule has 1 saturated heterocycles. The number of nitrogens with zero attached hydrogens (tertiary/aromatic N) is 4. The van der Waals surface area contributed by atoms with Gasteiger partial charge in [-0.1, -0.05) is 20.8 Å². The summed E-state index contributed by atoms with van der Waals surface area (Å²) in [6.07, 6.45) is 3.25. The van der Waals surface area contributed by atoms with Crippen molar-refractivity contribution in [2.24, 2.45) is 5.92 Å². The van der Waals surface area contributed by atoms with E-state index in [1.165, 1.54) is 0 Å². The van der Waals surface area contributed by atoms with Crippen LogP contribution in [0.5, 0.6) is 0 Å². The molecule has 0 bridgehead atoms. The van der Waals surface area contributed by atoms with Gasteiger partial charge in [0.1, 0.15) is 6.26 Å². The zero-order valence-corrected chi connectivity index (χ0v) is 13.3. The van der Waals surface area contributed by atoms with Crippen molar-refractivity contribution in [3.63, 3.8) is 0 Å². The maximum Gasteiger partial charge on any atom is 0.266 e. The van der Waals surface area contributed by atoms with Gasteiger partial charge in [-0.2, -0.15) is 5.10 Å². The molecule has 1 aliphatic rings. The van der Waals surface area contributed by atoms with Crippen LogP contribution in [0, 0.1) is 5.92 Å². The molecule has 0 unspecified atom stereocenters. The molecule has 3 rings (SSSR count). The number of aromatic nitrogens is 3. The van der Waals surface area contributed by atoms with E-state index < -0.39 is 0 Å². The lowest BCUT2D eigenvalue weighted by Crippen LogP contribution is -2.49. The van der Waals surface area contributed by atoms with Gasteiger partial charge in [0.25, 0.3) is 5.56 Å². The van der Waals surface area contributed by atoms with Gasteiger partial charge in [-0.3, -0.25) is 9.69 Å². The highest BCUT2D eigenvalue weighted by atomic mass is 16.3. The molecular weight excluding hydrogens is 280 g/mol. The summed E-state index contributed by atoms with van der Waals surface area (Å²) in [5, 5.41) is 4.52. The van der Waals surface area contributed by atoms with Crippen LogP contribution < -0.4 is 5.56 Å². The molecule has 22 heavy (non-hydrogen) atoms. The van der Waals surface area contributed by atoms with Gasteiger partial charge < -0.3 is 4.42 Å². The lowest BCUT2D eigenvalue weighted by molar-refractivity contribution is 0.0678. The van der Waals surface area contributed by atoms with Crippen LogP contribution in [-0.2, 0) is 18.5 Å². The van der Waals surface area contributed by atoms with Crippen molar-refractivity contribution >= 4 is 0 Å². The number of hydrogen-bond donors (Lipinski definition) is 0. The number of rotatable bonds is 4. The highest BCUT2D eigenvalue weighted by Crippen LogP contribution is 2.21. The van der Waals surface area contributed by atoms with Crippen molar-refractivity contribution < 1.29 is 4.42 Å². The van der Waals surface area contributed by atoms with Gasteiger partial charge >= 0.3 is 0 Å². The average Bonchev–Trinajstić information content (AvgIpc) is 2.90. The Kier molecular flexibility index (Phi) is 3.87. The topological polar surface area (TPSA) is 64.2 Å². The van der Waals surface area contributed by atoms with Gasteiger partial charge in [0.2, 0.25) is 5.89 Å². The zero-order chi connectivity index (χ0) is 15.7. The molecule has 6 nitrogen and oxygen atoms in total. The Labute approximate surface area is 129 Å². The monoisotopic (exact) mass is 302 g/mol. The second-order valence-corrected chi connectivity index (χ2v) is 6.97. The Balaban J connectivity index is 1.60. The highest BCUT2D eigenvalue weighted by molar-refractivity contribution is 5.10. The largest absolute Gasteiger partial charge is 0.448 e. The predicted octanol–water partition coefficient (Wildman–Crippen LogP) is 1.66. The maximum absolute atomic E-state index is 12.0. The predicted molar refractivity (Wildman–Crippen MR) is 82.5 cm³/mol. The Morgan fingerprint density at radius 2 is 2.09 bits per heavy atom. The van der Waals surface area contributed by atoms with Crippen LogP contribution in [0.2, 0.25) is 0 Å². The quantitative estimate of drug-likeness (QED) is 0.859. The molecule has 118 valence electrons. The first-order valence-corrected chi connectivity index (χ1v) is 7.61. The third-order valence-corrected chi connectivity index (χ3v) is 3.94. The number of likely N-dealkylation sites (tertiary alicyclic amines) is 1. The van der Waals surface area contributed by atoms with E-state index >= 15 is 0 Å². The Morgan fingerprint density at radius 1 is 1.32 bits per heavy atom. The van der Waals surface area contributed by atoms with Crippen LogP contribution in [0.4, 0.5) is 0 Å². The minimum Gasteiger partial charge on any atom is -0.448 e. The Hall–Kier alpha value is -1.95. The zero-order valence-electron chi connectivity index (χ0n) is 13.3. The molecule has 2 aromatic rings.